The molecule has 0 spiro atoms. The van der Waals surface area contributed by atoms with Gasteiger partial charge in [-0.2, -0.15) is 28.8 Å². The van der Waals surface area contributed by atoms with Gasteiger partial charge in [0.2, 0.25) is 0 Å². The maximum atomic E-state index is 13.4. The molecule has 0 aromatic heterocycles. The number of carbonyl (C=O) groups excluding carboxylic acids is 1. The van der Waals surface area contributed by atoms with E-state index in [-0.39, 0.29) is 80.8 Å². The molecule has 0 aliphatic carbocycles. The SMILES string of the molecule is O=C(O)CC1=NN(c2ccc(C(=O)O)cc2)C(=O)C1N=Nc1ccc2c(O)c(N=Nc3cc(OCCO)c(N=Nc4cc(C(=O)O)ccc4C(=O)O)cc3OCCO)c(S(=O)(=O)O)cc2c1. The van der Waals surface area contributed by atoms with Crippen molar-refractivity contribution in [2.45, 2.75) is 17.4 Å². The monoisotopic (exact) mass is 928 g/mol. The molecule has 0 bridgehead atoms. The third-order valence-electron chi connectivity index (χ3n) is 9.02. The molecule has 1 atom stereocenters. The van der Waals surface area contributed by atoms with E-state index in [4.69, 9.17) is 9.47 Å². The summed E-state index contributed by atoms with van der Waals surface area (Å²) >= 11 is 0. The third kappa shape index (κ3) is 10.6. The van der Waals surface area contributed by atoms with Crippen LogP contribution in [0.15, 0.2) is 120 Å². The Morgan fingerprint density at radius 1 is 0.697 bits per heavy atom. The molecule has 6 rings (SSSR count). The van der Waals surface area contributed by atoms with Crippen LogP contribution in [0.25, 0.3) is 10.8 Å². The number of benzene rings is 5. The summed E-state index contributed by atoms with van der Waals surface area (Å²) < 4.78 is 46.8. The highest BCUT2D eigenvalue weighted by atomic mass is 32.2. The number of aromatic carboxylic acids is 3. The molecular formula is C40H32N8O17S. The van der Waals surface area contributed by atoms with E-state index in [0.717, 1.165) is 41.4 Å². The Labute approximate surface area is 369 Å². The van der Waals surface area contributed by atoms with Gasteiger partial charge in [0.05, 0.1) is 53.4 Å². The number of aliphatic hydroxyl groups is 2. The molecule has 25 nitrogen and oxygen atoms in total. The fourth-order valence-corrected chi connectivity index (χ4v) is 6.68. The van der Waals surface area contributed by atoms with Crippen LogP contribution in [0.2, 0.25) is 0 Å². The topological polar surface area (TPSA) is 390 Å². The predicted molar refractivity (Wildman–Crippen MR) is 225 cm³/mol. The lowest BCUT2D eigenvalue weighted by atomic mass is 10.1. The van der Waals surface area contributed by atoms with Gasteiger partial charge in [-0.3, -0.25) is 14.1 Å². The minimum absolute atomic E-state index is 0.0450. The minimum atomic E-state index is -5.20. The number of aliphatic hydroxyl groups excluding tert-OH is 2. The first kappa shape index (κ1) is 46.9. The molecule has 5 aromatic rings. The number of carboxylic acids is 4. The number of ether oxygens (including phenoxy) is 2. The summed E-state index contributed by atoms with van der Waals surface area (Å²) in [5.41, 5.74) is -2.56. The number of carbonyl (C=O) groups is 5. The first-order valence-corrected chi connectivity index (χ1v) is 20.1. The Morgan fingerprint density at radius 2 is 1.29 bits per heavy atom. The van der Waals surface area contributed by atoms with Crippen molar-refractivity contribution in [3.63, 3.8) is 0 Å². The number of phenols is 1. The van der Waals surface area contributed by atoms with Gasteiger partial charge >= 0.3 is 23.9 Å². The number of azo groups is 3. The number of fused-ring (bicyclic) bond motifs is 1. The first-order chi connectivity index (χ1) is 31.4. The molecule has 8 N–H and O–H groups in total. The van der Waals surface area contributed by atoms with Crippen LogP contribution in [0, 0.1) is 0 Å². The van der Waals surface area contributed by atoms with E-state index in [1.807, 2.05) is 0 Å². The highest BCUT2D eigenvalue weighted by Gasteiger charge is 2.38. The standard InChI is InChI=1S/C40H32N8O17S/c49-9-11-64-30-17-28(31(65-12-10-50)16-27(30)43-42-26-14-20(39(57)58)3-7-25(26)40(59)60)44-46-35-32(66(61,62)63)15-21-13-22(4-8-24(21)36(35)53)41-45-34-29(18-33(51)52)47-48(37(34)54)23-5-1-19(2-6-23)38(55)56/h1-8,13-17,34,49-50,53H,9-12,18H2,(H,51,52)(H,55,56)(H,57,58)(H,59,60)(H,61,62,63). The molecule has 0 saturated carbocycles. The highest BCUT2D eigenvalue weighted by molar-refractivity contribution is 7.86. The smallest absolute Gasteiger partial charge is 0.337 e. The average molecular weight is 929 g/mol. The van der Waals surface area contributed by atoms with Crippen LogP contribution >= 0.6 is 0 Å². The molecular weight excluding hydrogens is 897 g/mol. The van der Waals surface area contributed by atoms with Crippen molar-refractivity contribution in [3.05, 3.63) is 95.6 Å². The lowest BCUT2D eigenvalue weighted by Gasteiger charge is -2.13. The molecule has 66 heavy (non-hydrogen) atoms. The number of hydrazone groups is 1. The number of phenolic OH excluding ortho intramolecular Hbond substituents is 1. The van der Waals surface area contributed by atoms with Gasteiger partial charge in [0.1, 0.15) is 52.4 Å². The molecule has 1 unspecified atom stereocenters. The predicted octanol–water partition coefficient (Wildman–Crippen LogP) is 5.79. The van der Waals surface area contributed by atoms with Gasteiger partial charge in [0.15, 0.2) is 11.8 Å². The van der Waals surface area contributed by atoms with Crippen LogP contribution in [0.5, 0.6) is 17.2 Å². The fraction of sp³-hybridized carbons (Fsp3) is 0.150. The van der Waals surface area contributed by atoms with Crippen LogP contribution in [0.3, 0.4) is 0 Å². The van der Waals surface area contributed by atoms with Gasteiger partial charge in [0.25, 0.3) is 16.0 Å². The number of aliphatic carboxylic acids is 1. The van der Waals surface area contributed by atoms with E-state index >= 15 is 0 Å². The highest BCUT2D eigenvalue weighted by Crippen LogP contribution is 2.45. The zero-order valence-electron chi connectivity index (χ0n) is 33.4. The number of carboxylic acid groups (broad SMARTS) is 4. The number of hydrogen-bond donors (Lipinski definition) is 8. The summed E-state index contributed by atoms with van der Waals surface area (Å²) in [5, 5.41) is 96.6. The molecule has 0 radical (unpaired) electrons. The van der Waals surface area contributed by atoms with Gasteiger partial charge in [-0.25, -0.2) is 14.4 Å². The summed E-state index contributed by atoms with van der Waals surface area (Å²) in [6.45, 7) is -1.76. The minimum Gasteiger partial charge on any atom is -0.505 e. The third-order valence-corrected chi connectivity index (χ3v) is 9.88. The molecule has 0 saturated heterocycles. The Hall–Kier alpha value is -8.59. The van der Waals surface area contributed by atoms with E-state index < -0.39 is 87.5 Å². The van der Waals surface area contributed by atoms with Crippen LogP contribution < -0.4 is 14.5 Å². The second-order valence-electron chi connectivity index (χ2n) is 13.4. The first-order valence-electron chi connectivity index (χ1n) is 18.6. The van der Waals surface area contributed by atoms with E-state index in [0.29, 0.717) is 0 Å². The quantitative estimate of drug-likeness (QED) is 0.0359. The van der Waals surface area contributed by atoms with E-state index in [2.05, 4.69) is 35.8 Å². The number of nitrogens with zero attached hydrogens (tertiary/aromatic N) is 8. The van der Waals surface area contributed by atoms with Crippen molar-refractivity contribution >= 4 is 90.5 Å². The van der Waals surface area contributed by atoms with Gasteiger partial charge in [-0.15, -0.1) is 20.5 Å². The number of hydrogen-bond acceptors (Lipinski definition) is 19. The van der Waals surface area contributed by atoms with Crippen LogP contribution in [-0.4, -0.2) is 117 Å². The number of amides is 1. The largest absolute Gasteiger partial charge is 0.505 e. The summed E-state index contributed by atoms with van der Waals surface area (Å²) in [6.07, 6.45) is -0.721. The molecule has 26 heteroatoms. The second kappa shape index (κ2) is 19.8. The van der Waals surface area contributed by atoms with Crippen molar-refractivity contribution in [2.24, 2.45) is 35.8 Å². The summed E-state index contributed by atoms with van der Waals surface area (Å²) in [4.78, 5) is 58.7. The van der Waals surface area contributed by atoms with E-state index in [1.54, 1.807) is 0 Å². The van der Waals surface area contributed by atoms with Crippen LogP contribution in [-0.2, 0) is 19.7 Å². The van der Waals surface area contributed by atoms with E-state index in [1.165, 1.54) is 42.5 Å². The summed E-state index contributed by atoms with van der Waals surface area (Å²) in [5.74, 6) is -7.48. The van der Waals surface area contributed by atoms with Crippen molar-refractivity contribution < 1.29 is 82.2 Å². The normalized spacial score (nSPS) is 14.1. The average Bonchev–Trinajstić information content (AvgIpc) is 3.58. The van der Waals surface area contributed by atoms with Gasteiger partial charge in [-0.1, -0.05) is 0 Å². The zero-order valence-corrected chi connectivity index (χ0v) is 34.2. The molecule has 1 amide bonds. The van der Waals surface area contributed by atoms with Gasteiger partial charge < -0.3 is 45.2 Å². The van der Waals surface area contributed by atoms with Crippen LogP contribution in [0.4, 0.5) is 34.1 Å². The lowest BCUT2D eigenvalue weighted by molar-refractivity contribution is -0.135. The number of aromatic hydroxyl groups is 1. The van der Waals surface area contributed by atoms with E-state index in [9.17, 15) is 72.7 Å². The van der Waals surface area contributed by atoms with Crippen molar-refractivity contribution in [3.8, 4) is 17.2 Å². The molecule has 1 aliphatic heterocycles. The molecule has 1 heterocycles. The zero-order chi connectivity index (χ0) is 47.9. The van der Waals surface area contributed by atoms with Gasteiger partial charge in [-0.05, 0) is 72.1 Å². The van der Waals surface area contributed by atoms with Crippen LogP contribution in [0.1, 0.15) is 37.5 Å². The number of anilines is 1. The van der Waals surface area contributed by atoms with Crippen molar-refractivity contribution in [1.29, 1.82) is 0 Å². The molecule has 340 valence electrons. The second-order valence-corrected chi connectivity index (χ2v) is 14.8. The maximum Gasteiger partial charge on any atom is 0.337 e. The Morgan fingerprint density at radius 3 is 1.85 bits per heavy atom. The molecule has 0 fully saturated rings. The Balaban J connectivity index is 1.37. The maximum absolute atomic E-state index is 13.4. The molecule has 1 aliphatic rings. The summed E-state index contributed by atoms with van der Waals surface area (Å²) in [6, 6.07) is 13.4. The van der Waals surface area contributed by atoms with Gasteiger partial charge in [0, 0.05) is 17.5 Å². The number of rotatable bonds is 19. The van der Waals surface area contributed by atoms with Crippen molar-refractivity contribution in [1.82, 2.24) is 0 Å². The van der Waals surface area contributed by atoms with Crippen molar-refractivity contribution in [2.75, 3.05) is 31.4 Å². The summed E-state index contributed by atoms with van der Waals surface area (Å²) in [7, 11) is -5.20. The molecule has 5 aromatic carbocycles. The fourth-order valence-electron chi connectivity index (χ4n) is 6.02. The Bertz CT molecular complexity index is 3030. The lowest BCUT2D eigenvalue weighted by Crippen LogP contribution is -2.31. The Kier molecular flexibility index (Phi) is 14.1.